The summed E-state index contributed by atoms with van der Waals surface area (Å²) in [5.41, 5.74) is 4.25. The minimum atomic E-state index is -5.08. The van der Waals surface area contributed by atoms with Gasteiger partial charge in [0, 0.05) is 43.0 Å². The van der Waals surface area contributed by atoms with Gasteiger partial charge in [0.2, 0.25) is 0 Å². The second-order valence-corrected chi connectivity index (χ2v) is 9.09. The lowest BCUT2D eigenvalue weighted by molar-refractivity contribution is -0.193. The van der Waals surface area contributed by atoms with Gasteiger partial charge in [0.15, 0.2) is 0 Å². The monoisotopic (exact) mass is 573 g/mol. The number of nitrogens with zero attached hydrogens (tertiary/aromatic N) is 3. The summed E-state index contributed by atoms with van der Waals surface area (Å²) in [6, 6.07) is 4.47. The number of carboxylic acids is 2. The number of alkyl halides is 6. The molecule has 2 N–H and O–H groups in total. The van der Waals surface area contributed by atoms with Gasteiger partial charge in [0.25, 0.3) is 0 Å². The van der Waals surface area contributed by atoms with Crippen LogP contribution in [0.1, 0.15) is 29.0 Å². The van der Waals surface area contributed by atoms with E-state index in [-0.39, 0.29) is 12.2 Å². The van der Waals surface area contributed by atoms with Crippen molar-refractivity contribution in [1.29, 1.82) is 0 Å². The van der Waals surface area contributed by atoms with Crippen LogP contribution in [0.2, 0.25) is 0 Å². The van der Waals surface area contributed by atoms with Crippen molar-refractivity contribution in [2.45, 2.75) is 63.5 Å². The molecule has 2 fully saturated rings. The van der Waals surface area contributed by atoms with Crippen molar-refractivity contribution in [2.75, 3.05) is 13.2 Å². The lowest BCUT2D eigenvalue weighted by Crippen LogP contribution is -2.41. The highest BCUT2D eigenvalue weighted by atomic mass is 32.1. The number of hydrogen-bond acceptors (Lipinski definition) is 8. The SMILES string of the molecule is Cc1ncsc1CN1C[C@H](OCc2ccncc2)[C@H]2OCCC[C@H]21.O=C(O)C(F)(F)F.O=C(O)C(F)(F)F. The zero-order valence-electron chi connectivity index (χ0n) is 19.9. The standard InChI is InChI=1S/C18H23N3O2S.2C2HF3O2/c1-13-17(24-12-20-13)10-21-9-16(18-15(21)3-2-8-22-18)23-11-14-4-6-19-7-5-14;2*3-2(4,5)1(6)7/h4-7,12,15-16,18H,2-3,8-11H2,1H3;2*(H,6,7)/t15-,16+,18+;;/m1../s1. The van der Waals surface area contributed by atoms with E-state index < -0.39 is 24.3 Å². The quantitative estimate of drug-likeness (QED) is 0.510. The number of thiazole rings is 1. The molecule has 3 atom stereocenters. The average Bonchev–Trinajstić information content (AvgIpc) is 3.41. The molecule has 0 saturated carbocycles. The minimum Gasteiger partial charge on any atom is -0.475 e. The first-order valence-corrected chi connectivity index (χ1v) is 11.9. The zero-order valence-corrected chi connectivity index (χ0v) is 20.7. The van der Waals surface area contributed by atoms with Gasteiger partial charge in [0.1, 0.15) is 6.10 Å². The fourth-order valence-electron chi connectivity index (χ4n) is 3.68. The van der Waals surface area contributed by atoms with Crippen LogP contribution in [0, 0.1) is 6.92 Å². The van der Waals surface area contributed by atoms with E-state index in [0.29, 0.717) is 12.6 Å². The third-order valence-electron chi connectivity index (χ3n) is 5.47. The number of aromatic nitrogens is 2. The van der Waals surface area contributed by atoms with Gasteiger partial charge in [0.05, 0.1) is 23.9 Å². The number of aryl methyl sites for hydroxylation is 1. The molecule has 2 aromatic rings. The first-order valence-electron chi connectivity index (χ1n) is 11.1. The first-order chi connectivity index (χ1) is 17.7. The van der Waals surface area contributed by atoms with Crippen LogP contribution in [0.4, 0.5) is 26.3 Å². The maximum atomic E-state index is 10.6. The maximum Gasteiger partial charge on any atom is 0.490 e. The number of pyridine rings is 1. The Morgan fingerprint density at radius 2 is 1.71 bits per heavy atom. The summed E-state index contributed by atoms with van der Waals surface area (Å²) in [5, 5.41) is 14.2. The highest BCUT2D eigenvalue weighted by molar-refractivity contribution is 7.09. The number of halogens is 6. The molecule has 4 heterocycles. The van der Waals surface area contributed by atoms with Gasteiger partial charge in [-0.3, -0.25) is 9.88 Å². The smallest absolute Gasteiger partial charge is 0.475 e. The molecule has 38 heavy (non-hydrogen) atoms. The Morgan fingerprint density at radius 1 is 1.13 bits per heavy atom. The predicted molar refractivity (Wildman–Crippen MR) is 120 cm³/mol. The van der Waals surface area contributed by atoms with Gasteiger partial charge < -0.3 is 19.7 Å². The first kappa shape index (κ1) is 31.4. The van der Waals surface area contributed by atoms with E-state index in [1.807, 2.05) is 30.0 Å². The van der Waals surface area contributed by atoms with Crippen LogP contribution in [-0.4, -0.2) is 80.8 Å². The van der Waals surface area contributed by atoms with E-state index in [2.05, 4.69) is 21.8 Å². The molecular formula is C22H25F6N3O6S. The molecule has 2 aliphatic rings. The van der Waals surface area contributed by atoms with E-state index in [1.54, 1.807) is 11.3 Å². The van der Waals surface area contributed by atoms with E-state index in [1.165, 1.54) is 11.3 Å². The summed E-state index contributed by atoms with van der Waals surface area (Å²) >= 11 is 1.75. The number of carbonyl (C=O) groups is 2. The van der Waals surface area contributed by atoms with Crippen molar-refractivity contribution < 1.29 is 55.6 Å². The average molecular weight is 574 g/mol. The number of aliphatic carboxylic acids is 2. The van der Waals surface area contributed by atoms with Gasteiger partial charge >= 0.3 is 24.3 Å². The summed E-state index contributed by atoms with van der Waals surface area (Å²) in [6.07, 6.45) is -3.89. The second-order valence-electron chi connectivity index (χ2n) is 8.15. The normalized spacial score (nSPS) is 21.4. The number of hydrogen-bond donors (Lipinski definition) is 2. The summed E-state index contributed by atoms with van der Waals surface area (Å²) in [6.45, 7) is 5.44. The van der Waals surface area contributed by atoms with Crippen molar-refractivity contribution >= 4 is 23.3 Å². The predicted octanol–water partition coefficient (Wildman–Crippen LogP) is 4.06. The van der Waals surface area contributed by atoms with Crippen LogP contribution in [0.3, 0.4) is 0 Å². The summed E-state index contributed by atoms with van der Waals surface area (Å²) in [7, 11) is 0. The van der Waals surface area contributed by atoms with Crippen LogP contribution < -0.4 is 0 Å². The van der Waals surface area contributed by atoms with Crippen LogP contribution >= 0.6 is 11.3 Å². The Labute approximate surface area is 217 Å². The molecule has 0 spiro atoms. The van der Waals surface area contributed by atoms with Crippen LogP contribution in [0.25, 0.3) is 0 Å². The molecule has 0 radical (unpaired) electrons. The number of ether oxygens (including phenoxy) is 2. The van der Waals surface area contributed by atoms with Crippen molar-refractivity contribution in [1.82, 2.24) is 14.9 Å². The lowest BCUT2D eigenvalue weighted by Gasteiger charge is -2.32. The van der Waals surface area contributed by atoms with Crippen LogP contribution in [0.15, 0.2) is 30.0 Å². The third-order valence-corrected chi connectivity index (χ3v) is 6.39. The topological polar surface area (TPSA) is 122 Å². The molecule has 2 aromatic heterocycles. The Balaban J connectivity index is 0.000000301. The van der Waals surface area contributed by atoms with Gasteiger partial charge in [-0.15, -0.1) is 11.3 Å². The molecule has 0 unspecified atom stereocenters. The Morgan fingerprint density at radius 3 is 2.21 bits per heavy atom. The van der Waals surface area contributed by atoms with Crippen molar-refractivity contribution in [3.8, 4) is 0 Å². The number of likely N-dealkylation sites (tertiary alicyclic amines) is 1. The molecule has 0 amide bonds. The maximum absolute atomic E-state index is 10.6. The van der Waals surface area contributed by atoms with Crippen LogP contribution in [-0.2, 0) is 32.2 Å². The highest BCUT2D eigenvalue weighted by Crippen LogP contribution is 2.33. The summed E-state index contributed by atoms with van der Waals surface area (Å²) < 4.78 is 75.8. The van der Waals surface area contributed by atoms with E-state index in [9.17, 15) is 26.3 Å². The molecule has 2 aliphatic heterocycles. The molecule has 2 saturated heterocycles. The minimum absolute atomic E-state index is 0.136. The highest BCUT2D eigenvalue weighted by Gasteiger charge is 2.44. The van der Waals surface area contributed by atoms with Crippen LogP contribution in [0.5, 0.6) is 0 Å². The Kier molecular flexibility index (Phi) is 11.4. The number of carboxylic acid groups (broad SMARTS) is 2. The fourth-order valence-corrected chi connectivity index (χ4v) is 4.48. The molecular weight excluding hydrogens is 548 g/mol. The largest absolute Gasteiger partial charge is 0.490 e. The second kappa shape index (κ2) is 13.8. The van der Waals surface area contributed by atoms with Crippen molar-refractivity contribution in [2.24, 2.45) is 0 Å². The van der Waals surface area contributed by atoms with Crippen molar-refractivity contribution in [3.05, 3.63) is 46.2 Å². The summed E-state index contributed by atoms with van der Waals surface area (Å²) in [5.74, 6) is -5.51. The molecule has 0 bridgehead atoms. The van der Waals surface area contributed by atoms with E-state index in [4.69, 9.17) is 29.3 Å². The number of fused-ring (bicyclic) bond motifs is 1. The van der Waals surface area contributed by atoms with Gasteiger partial charge in [-0.25, -0.2) is 14.6 Å². The number of rotatable bonds is 5. The molecule has 9 nitrogen and oxygen atoms in total. The van der Waals surface area contributed by atoms with E-state index in [0.717, 1.165) is 37.4 Å². The Hall–Kier alpha value is -2.82. The molecule has 0 aliphatic carbocycles. The van der Waals surface area contributed by atoms with E-state index >= 15 is 0 Å². The van der Waals surface area contributed by atoms with Crippen molar-refractivity contribution in [3.63, 3.8) is 0 Å². The zero-order chi connectivity index (χ0) is 28.5. The molecule has 0 aromatic carbocycles. The van der Waals surface area contributed by atoms with Gasteiger partial charge in [-0.05, 0) is 37.5 Å². The Bertz CT molecular complexity index is 1010. The molecule has 16 heteroatoms. The molecule has 212 valence electrons. The summed E-state index contributed by atoms with van der Waals surface area (Å²) in [4.78, 5) is 30.1. The fraction of sp³-hybridized carbons (Fsp3) is 0.545. The van der Waals surface area contributed by atoms with Gasteiger partial charge in [-0.1, -0.05) is 0 Å². The molecule has 4 rings (SSSR count). The van der Waals surface area contributed by atoms with Gasteiger partial charge in [-0.2, -0.15) is 26.3 Å². The lowest BCUT2D eigenvalue weighted by atomic mass is 10.0. The third kappa shape index (κ3) is 9.81.